The fraction of sp³-hybridized carbons (Fsp3) is 0.0169. The van der Waals surface area contributed by atoms with Crippen LogP contribution in [0.1, 0.15) is 44.5 Å². The molecule has 22 aromatic rings. The Kier molecular flexibility index (Phi) is 17.2. The molecule has 0 radical (unpaired) electrons. The summed E-state index contributed by atoms with van der Waals surface area (Å²) < 4.78 is 13.9. The van der Waals surface area contributed by atoms with Gasteiger partial charge in [-0.1, -0.05) is 382 Å². The number of hydrogen-bond acceptors (Lipinski definition) is 10. The van der Waals surface area contributed by atoms with Crippen molar-refractivity contribution in [2.75, 3.05) is 0 Å². The lowest BCUT2D eigenvalue weighted by molar-refractivity contribution is 0.437. The Morgan fingerprint density at radius 1 is 0.148 bits per heavy atom. The molecule has 10 heteroatoms. The first-order valence-electron chi connectivity index (χ1n) is 43.3. The van der Waals surface area contributed by atoms with Crippen molar-refractivity contribution in [3.8, 4) is 158 Å². The Bertz CT molecular complexity index is 8040. The summed E-state index contributed by atoms with van der Waals surface area (Å²) in [4.78, 5) is 40.7. The van der Waals surface area contributed by atoms with Crippen LogP contribution >= 0.6 is 0 Å². The minimum Gasteiger partial charge on any atom is -0.457 e. The summed E-state index contributed by atoms with van der Waals surface area (Å²) in [6, 6.07) is 153. The van der Waals surface area contributed by atoms with E-state index < -0.39 is 10.8 Å². The molecule has 0 unspecified atom stereocenters. The molecule has 0 atom stereocenters. The number of rotatable bonds is 10. The number of nitrogens with zero attached hydrogens (tertiary/aromatic N) is 8. The maximum absolute atomic E-state index is 6.95. The molecule has 0 fully saturated rings. The highest BCUT2D eigenvalue weighted by Crippen LogP contribution is 2.65. The Labute approximate surface area is 738 Å². The second-order valence-corrected chi connectivity index (χ2v) is 33.0. The smallest absolute Gasteiger partial charge is 0.164 e. The predicted molar refractivity (Wildman–Crippen MR) is 514 cm³/mol. The van der Waals surface area contributed by atoms with Crippen LogP contribution in [-0.2, 0) is 10.8 Å². The zero-order valence-corrected chi connectivity index (χ0v) is 69.0. The van der Waals surface area contributed by atoms with Crippen molar-refractivity contribution in [2.24, 2.45) is 0 Å². The van der Waals surface area contributed by atoms with Crippen LogP contribution in [0.4, 0.5) is 0 Å². The van der Waals surface area contributed by atoms with E-state index in [1.54, 1.807) is 0 Å². The molecule has 0 N–H and O–H groups in total. The van der Waals surface area contributed by atoms with Crippen molar-refractivity contribution < 1.29 is 9.47 Å². The van der Waals surface area contributed by atoms with Gasteiger partial charge in [0.05, 0.1) is 33.3 Å². The van der Waals surface area contributed by atoms with Crippen LogP contribution in [0.25, 0.3) is 179 Å². The number of aromatic nitrogens is 8. The molecule has 0 amide bonds. The molecule has 6 heterocycles. The molecule has 2 aliphatic carbocycles. The van der Waals surface area contributed by atoms with Gasteiger partial charge in [0.1, 0.15) is 23.0 Å². The summed E-state index contributed by atoms with van der Waals surface area (Å²) in [5.41, 5.74) is 29.0. The summed E-state index contributed by atoms with van der Waals surface area (Å²) in [6.07, 6.45) is 0. The molecule has 26 rings (SSSR count). The highest BCUT2D eigenvalue weighted by Gasteiger charge is 2.53. The zero-order chi connectivity index (χ0) is 84.4. The first-order chi connectivity index (χ1) is 63.4. The third kappa shape index (κ3) is 11.9. The first-order valence-corrected chi connectivity index (χ1v) is 43.3. The zero-order valence-electron chi connectivity index (χ0n) is 69.0. The minimum absolute atomic E-state index is 0.571. The van der Waals surface area contributed by atoms with E-state index in [1.165, 1.54) is 44.5 Å². The number of ether oxygens (including phenoxy) is 2. The van der Waals surface area contributed by atoms with Crippen molar-refractivity contribution in [3.05, 3.63) is 481 Å². The van der Waals surface area contributed by atoms with Crippen LogP contribution in [0, 0.1) is 0 Å². The van der Waals surface area contributed by atoms with Gasteiger partial charge in [0.2, 0.25) is 0 Å². The Balaban J connectivity index is 0.000000139. The molecule has 2 aliphatic heterocycles. The van der Waals surface area contributed by atoms with Crippen LogP contribution in [-0.4, -0.2) is 39.9 Å². The standard InChI is InChI=1S/2C59H36N4O/c1-4-17-37(18-5-1)55-47-36-54-51(59(50-29-14-15-30-53(50)64-54)48-27-12-10-25-43(48)44-26-11-13-28-49(44)59)35-46(47)45-32-31-41(34-52(45)60-55)40-23-16-24-42(33-40)58-62-56(38-19-6-2-7-20-38)61-57(63-58)39-21-8-3-9-22-39;1-4-16-38(17-5-1)55-47-36-54-51(59(50-26-14-15-27-53(50)64-54)48-24-12-10-22-43(48)44-23-11-13-25-49(44)59)35-46(47)45-33-32-42(34-52(45)60-55)37-28-30-41(31-29-37)58-62-56(39-18-6-2-7-19-39)61-57(63-58)40-20-8-3-9-21-40/h2*1-36H. The molecule has 0 bridgehead atoms. The van der Waals surface area contributed by atoms with Gasteiger partial charge in [-0.2, -0.15) is 0 Å². The highest BCUT2D eigenvalue weighted by molar-refractivity contribution is 6.15. The van der Waals surface area contributed by atoms with Crippen LogP contribution in [0.15, 0.2) is 437 Å². The average Bonchev–Trinajstić information content (AvgIpc) is 1.49. The van der Waals surface area contributed by atoms with Gasteiger partial charge >= 0.3 is 0 Å². The van der Waals surface area contributed by atoms with Crippen LogP contribution in [0.2, 0.25) is 0 Å². The fourth-order valence-electron chi connectivity index (χ4n) is 20.2. The van der Waals surface area contributed by atoms with E-state index in [0.717, 1.165) is 167 Å². The highest BCUT2D eigenvalue weighted by atomic mass is 16.5. The summed E-state index contributed by atoms with van der Waals surface area (Å²) in [5, 5.41) is 6.50. The third-order valence-corrected chi connectivity index (χ3v) is 25.9. The van der Waals surface area contributed by atoms with Crippen LogP contribution in [0.5, 0.6) is 23.0 Å². The molecule has 18 aromatic carbocycles. The largest absolute Gasteiger partial charge is 0.457 e. The van der Waals surface area contributed by atoms with E-state index in [1.807, 2.05) is 121 Å². The van der Waals surface area contributed by atoms with Crippen LogP contribution < -0.4 is 9.47 Å². The second-order valence-electron chi connectivity index (χ2n) is 33.0. The number of hydrogen-bond donors (Lipinski definition) is 0. The molecule has 4 aliphatic rings. The molecular weight excluding hydrogens is 1560 g/mol. The SMILES string of the molecule is c1ccc(-c2nc(-c3ccccc3)nc(-c3ccc(-c4ccc5c(c4)nc(-c4ccccc4)c4cc6c(cc45)C4(c5ccccc5O6)c5ccccc5-c5ccccc54)cc3)n2)cc1.c1ccc(-c2nc(-c3ccccc3)nc(-c3cccc(-c4ccc5c(c4)nc(-c4ccccc4)c4cc6c(cc45)C4(c5ccccc5O6)c5ccccc5-c5ccccc54)c3)n2)cc1. The quantitative estimate of drug-likeness (QED) is 0.122. The third-order valence-electron chi connectivity index (χ3n) is 25.9. The van der Waals surface area contributed by atoms with E-state index in [2.05, 4.69) is 315 Å². The predicted octanol–water partition coefficient (Wildman–Crippen LogP) is 28.8. The van der Waals surface area contributed by atoms with Crippen molar-refractivity contribution in [1.82, 2.24) is 39.9 Å². The summed E-state index contributed by atoms with van der Waals surface area (Å²) >= 11 is 0. The maximum atomic E-state index is 6.95. The summed E-state index contributed by atoms with van der Waals surface area (Å²) in [5.74, 6) is 7.20. The Morgan fingerprint density at radius 2 is 0.414 bits per heavy atom. The molecule has 0 saturated heterocycles. The second kappa shape index (κ2) is 29.9. The maximum Gasteiger partial charge on any atom is 0.164 e. The summed E-state index contributed by atoms with van der Waals surface area (Å²) in [6.45, 7) is 0. The molecule has 0 saturated carbocycles. The molecular formula is C118H72N8O2. The van der Waals surface area contributed by atoms with E-state index in [-0.39, 0.29) is 0 Å². The molecule has 4 aromatic heterocycles. The van der Waals surface area contributed by atoms with Gasteiger partial charge in [0.15, 0.2) is 34.9 Å². The lowest BCUT2D eigenvalue weighted by Crippen LogP contribution is -2.32. The molecule has 128 heavy (non-hydrogen) atoms. The Hall–Kier alpha value is -17.1. The lowest BCUT2D eigenvalue weighted by atomic mass is 9.65. The monoisotopic (exact) mass is 1630 g/mol. The first kappa shape index (κ1) is 73.6. The minimum atomic E-state index is -0.579. The number of pyridine rings is 2. The van der Waals surface area contributed by atoms with Gasteiger partial charge in [-0.05, 0) is 132 Å². The number of fused-ring (bicyclic) bond motifs is 24. The van der Waals surface area contributed by atoms with E-state index in [0.29, 0.717) is 34.9 Å². The van der Waals surface area contributed by atoms with E-state index in [4.69, 9.17) is 49.3 Å². The van der Waals surface area contributed by atoms with Gasteiger partial charge in [0.25, 0.3) is 0 Å². The van der Waals surface area contributed by atoms with Gasteiger partial charge < -0.3 is 9.47 Å². The van der Waals surface area contributed by atoms with Crippen molar-refractivity contribution in [2.45, 2.75) is 10.8 Å². The van der Waals surface area contributed by atoms with Crippen LogP contribution in [0.3, 0.4) is 0 Å². The topological polar surface area (TPSA) is 122 Å². The fourth-order valence-corrected chi connectivity index (χ4v) is 20.2. The molecule has 10 nitrogen and oxygen atoms in total. The Morgan fingerprint density at radius 3 is 0.781 bits per heavy atom. The van der Waals surface area contributed by atoms with E-state index in [9.17, 15) is 0 Å². The normalized spacial score (nSPS) is 12.9. The van der Waals surface area contributed by atoms with Crippen molar-refractivity contribution in [1.29, 1.82) is 0 Å². The lowest BCUT2D eigenvalue weighted by Gasteiger charge is -2.39. The molecule has 2 spiro atoms. The number of para-hydroxylation sites is 2. The van der Waals surface area contributed by atoms with Gasteiger partial charge in [-0.15, -0.1) is 0 Å². The summed E-state index contributed by atoms with van der Waals surface area (Å²) in [7, 11) is 0. The van der Waals surface area contributed by atoms with Gasteiger partial charge in [0, 0.05) is 88.3 Å². The van der Waals surface area contributed by atoms with Gasteiger partial charge in [-0.25, -0.2) is 39.9 Å². The number of benzene rings is 18. The average molecular weight is 1630 g/mol. The van der Waals surface area contributed by atoms with E-state index >= 15 is 0 Å². The van der Waals surface area contributed by atoms with Crippen molar-refractivity contribution >= 4 is 43.4 Å². The molecule has 596 valence electrons. The van der Waals surface area contributed by atoms with Crippen molar-refractivity contribution in [3.63, 3.8) is 0 Å². The van der Waals surface area contributed by atoms with Gasteiger partial charge in [-0.3, -0.25) is 0 Å².